The molecule has 124 valence electrons. The van der Waals surface area contributed by atoms with Crippen LogP contribution in [0.5, 0.6) is 0 Å². The van der Waals surface area contributed by atoms with E-state index < -0.39 is 0 Å². The first-order chi connectivity index (χ1) is 10.3. The van der Waals surface area contributed by atoms with E-state index in [2.05, 4.69) is 6.08 Å². The summed E-state index contributed by atoms with van der Waals surface area (Å²) in [6.45, 7) is 0. The lowest BCUT2D eigenvalue weighted by Gasteiger charge is -2.16. The molecule has 0 N–H and O–H groups in total. The van der Waals surface area contributed by atoms with Crippen LogP contribution in [0.2, 0.25) is 0 Å². The van der Waals surface area contributed by atoms with Crippen molar-refractivity contribution in [2.24, 2.45) is 0 Å². The Morgan fingerprint density at radius 1 is 1.00 bits per heavy atom. The predicted molar refractivity (Wildman–Crippen MR) is 91.2 cm³/mol. The van der Waals surface area contributed by atoms with E-state index >= 15 is 0 Å². The van der Waals surface area contributed by atoms with Crippen LogP contribution in [0.4, 0.5) is 0 Å². The number of hydrogen-bond acceptors (Lipinski definition) is 2. The maximum atomic E-state index is 5.68. The topological polar surface area (TPSA) is 18.5 Å². The molecule has 0 fully saturated rings. The third-order valence-corrected chi connectivity index (χ3v) is 4.74. The Bertz CT molecular complexity index is 278. The summed E-state index contributed by atoms with van der Waals surface area (Å²) in [5.74, 6) is 0.817. The van der Waals surface area contributed by atoms with Gasteiger partial charge in [-0.2, -0.15) is 0 Å². The molecule has 0 saturated heterocycles. The molecule has 1 aliphatic rings. The number of methoxy groups -OCH3 is 2. The van der Waals surface area contributed by atoms with Gasteiger partial charge >= 0.3 is 0 Å². The van der Waals surface area contributed by atoms with E-state index in [4.69, 9.17) is 21.1 Å². The first-order valence-electron chi connectivity index (χ1n) is 8.61. The molecule has 2 unspecified atom stereocenters. The van der Waals surface area contributed by atoms with Gasteiger partial charge in [-0.05, 0) is 32.1 Å². The molecule has 0 bridgehead atoms. The van der Waals surface area contributed by atoms with Gasteiger partial charge in [0.25, 0.3) is 0 Å². The highest BCUT2D eigenvalue weighted by molar-refractivity contribution is 6.17. The van der Waals surface area contributed by atoms with E-state index in [0.717, 1.165) is 18.7 Å². The zero-order valence-electron chi connectivity index (χ0n) is 13.9. The quantitative estimate of drug-likeness (QED) is 0.285. The van der Waals surface area contributed by atoms with Crippen LogP contribution in [0.1, 0.15) is 70.6 Å². The maximum absolute atomic E-state index is 5.68. The lowest BCUT2D eigenvalue weighted by molar-refractivity contribution is 0.0413. The third kappa shape index (κ3) is 8.85. The van der Waals surface area contributed by atoms with Crippen molar-refractivity contribution in [3.63, 3.8) is 0 Å². The van der Waals surface area contributed by atoms with E-state index in [1.165, 1.54) is 57.8 Å². The summed E-state index contributed by atoms with van der Waals surface area (Å²) in [6.07, 6.45) is 16.7. The zero-order chi connectivity index (χ0) is 15.3. The van der Waals surface area contributed by atoms with Crippen molar-refractivity contribution in [1.29, 1.82) is 0 Å². The lowest BCUT2D eigenvalue weighted by Crippen LogP contribution is -2.17. The van der Waals surface area contributed by atoms with Crippen molar-refractivity contribution < 1.29 is 9.47 Å². The number of hydrogen-bond donors (Lipinski definition) is 0. The monoisotopic (exact) mass is 316 g/mol. The van der Waals surface area contributed by atoms with Gasteiger partial charge in [0.1, 0.15) is 0 Å². The number of ether oxygens (including phenoxy) is 2. The molecule has 0 saturated carbocycles. The minimum Gasteiger partial charge on any atom is -0.381 e. The van der Waals surface area contributed by atoms with Crippen LogP contribution >= 0.6 is 11.6 Å². The van der Waals surface area contributed by atoms with E-state index in [9.17, 15) is 0 Å². The number of alkyl halides is 1. The van der Waals surface area contributed by atoms with Crippen molar-refractivity contribution >= 4 is 11.6 Å². The fourth-order valence-electron chi connectivity index (χ4n) is 3.05. The van der Waals surface area contributed by atoms with Gasteiger partial charge in [0, 0.05) is 26.5 Å². The SMILES string of the molecule is COC1C=C(CCCCCCCCCCl)CCC(OC)C1. The number of halogens is 1. The van der Waals surface area contributed by atoms with Crippen LogP contribution in [0.25, 0.3) is 0 Å². The van der Waals surface area contributed by atoms with Gasteiger partial charge in [-0.3, -0.25) is 0 Å². The van der Waals surface area contributed by atoms with Crippen LogP contribution in [-0.4, -0.2) is 32.3 Å². The van der Waals surface area contributed by atoms with Gasteiger partial charge in [0.15, 0.2) is 0 Å². The van der Waals surface area contributed by atoms with Crippen molar-refractivity contribution in [1.82, 2.24) is 0 Å². The molecule has 0 radical (unpaired) electrons. The normalized spacial score (nSPS) is 22.9. The molecule has 0 aromatic rings. The molecule has 0 aromatic heterocycles. The molecule has 0 aliphatic heterocycles. The van der Waals surface area contributed by atoms with Gasteiger partial charge in [0.2, 0.25) is 0 Å². The van der Waals surface area contributed by atoms with Gasteiger partial charge in [-0.15, -0.1) is 11.6 Å². The highest BCUT2D eigenvalue weighted by Crippen LogP contribution is 2.25. The molecule has 0 amide bonds. The summed E-state index contributed by atoms with van der Waals surface area (Å²) < 4.78 is 11.1. The second-order valence-electron chi connectivity index (χ2n) is 6.15. The summed E-state index contributed by atoms with van der Waals surface area (Å²) in [5.41, 5.74) is 1.57. The third-order valence-electron chi connectivity index (χ3n) is 4.47. The van der Waals surface area contributed by atoms with Gasteiger partial charge in [-0.1, -0.05) is 43.8 Å². The van der Waals surface area contributed by atoms with Crippen LogP contribution in [-0.2, 0) is 9.47 Å². The zero-order valence-corrected chi connectivity index (χ0v) is 14.7. The molecular formula is C18H33ClO2. The molecule has 1 aliphatic carbocycles. The first kappa shape index (κ1) is 19.0. The minimum absolute atomic E-state index is 0.239. The van der Waals surface area contributed by atoms with Crippen molar-refractivity contribution in [2.45, 2.75) is 82.8 Å². The molecule has 21 heavy (non-hydrogen) atoms. The Hall–Kier alpha value is -0.0500. The fourth-order valence-corrected chi connectivity index (χ4v) is 3.24. The molecule has 2 nitrogen and oxygen atoms in total. The van der Waals surface area contributed by atoms with Crippen molar-refractivity contribution in [3.8, 4) is 0 Å². The second-order valence-corrected chi connectivity index (χ2v) is 6.52. The van der Waals surface area contributed by atoms with Crippen molar-refractivity contribution in [2.75, 3.05) is 20.1 Å². The number of rotatable bonds is 11. The molecule has 3 heteroatoms. The smallest absolute Gasteiger partial charge is 0.0779 e. The predicted octanol–water partition coefficient (Wildman–Crippen LogP) is 5.49. The first-order valence-corrected chi connectivity index (χ1v) is 9.14. The summed E-state index contributed by atoms with van der Waals surface area (Å²) in [4.78, 5) is 0. The van der Waals surface area contributed by atoms with Gasteiger partial charge in [-0.25, -0.2) is 0 Å². The Morgan fingerprint density at radius 3 is 2.29 bits per heavy atom. The Morgan fingerprint density at radius 2 is 1.67 bits per heavy atom. The summed E-state index contributed by atoms with van der Waals surface area (Å²) in [5, 5.41) is 0. The van der Waals surface area contributed by atoms with Crippen LogP contribution in [0.3, 0.4) is 0 Å². The van der Waals surface area contributed by atoms with Gasteiger partial charge < -0.3 is 9.47 Å². The lowest BCUT2D eigenvalue weighted by atomic mass is 10.0. The van der Waals surface area contributed by atoms with E-state index in [1.54, 1.807) is 12.7 Å². The minimum atomic E-state index is 0.239. The highest BCUT2D eigenvalue weighted by atomic mass is 35.5. The molecule has 0 spiro atoms. The van der Waals surface area contributed by atoms with E-state index in [0.29, 0.717) is 6.10 Å². The second kappa shape index (κ2) is 12.5. The Labute approximate surface area is 136 Å². The number of unbranched alkanes of at least 4 members (excludes halogenated alkanes) is 6. The maximum Gasteiger partial charge on any atom is 0.0779 e. The number of allylic oxidation sites excluding steroid dienone is 1. The average molecular weight is 317 g/mol. The summed E-state index contributed by atoms with van der Waals surface area (Å²) in [6, 6.07) is 0. The average Bonchev–Trinajstić information content (AvgIpc) is 2.72. The molecule has 2 atom stereocenters. The molecule has 0 heterocycles. The Kier molecular flexibility index (Phi) is 11.3. The molecular weight excluding hydrogens is 284 g/mol. The highest BCUT2D eigenvalue weighted by Gasteiger charge is 2.19. The molecule has 1 rings (SSSR count). The standard InChI is InChI=1S/C18H33ClO2/c1-20-17-12-11-16(14-18(15-17)21-2)10-8-6-4-3-5-7-9-13-19/h14,17-18H,3-13,15H2,1-2H3. The van der Waals surface area contributed by atoms with Crippen LogP contribution in [0.15, 0.2) is 11.6 Å². The van der Waals surface area contributed by atoms with Gasteiger partial charge in [0.05, 0.1) is 12.2 Å². The fraction of sp³-hybridized carbons (Fsp3) is 0.889. The summed E-state index contributed by atoms with van der Waals surface area (Å²) in [7, 11) is 3.62. The van der Waals surface area contributed by atoms with E-state index in [-0.39, 0.29) is 6.10 Å². The van der Waals surface area contributed by atoms with Crippen molar-refractivity contribution in [3.05, 3.63) is 11.6 Å². The van der Waals surface area contributed by atoms with Crippen LogP contribution < -0.4 is 0 Å². The largest absolute Gasteiger partial charge is 0.381 e. The van der Waals surface area contributed by atoms with Crippen LogP contribution in [0, 0.1) is 0 Å². The molecule has 0 aromatic carbocycles. The van der Waals surface area contributed by atoms with E-state index in [1.807, 2.05) is 7.11 Å². The Balaban J connectivity index is 2.14. The summed E-state index contributed by atoms with van der Waals surface area (Å²) >= 11 is 5.68.